The summed E-state index contributed by atoms with van der Waals surface area (Å²) in [5, 5.41) is 14.5. The van der Waals surface area contributed by atoms with Gasteiger partial charge in [-0.15, -0.1) is 0 Å². The van der Waals surface area contributed by atoms with Crippen LogP contribution in [0.3, 0.4) is 0 Å². The molecule has 0 bridgehead atoms. The SMILES string of the molecule is O=C(NS(=O)(=O)c1ccc(NCC2CCOCC2)c([N+](=O)[O-])c1)c1ccc(Cl)cc1F. The van der Waals surface area contributed by atoms with Gasteiger partial charge < -0.3 is 10.1 Å². The summed E-state index contributed by atoms with van der Waals surface area (Å²) in [7, 11) is -4.49. The molecule has 1 fully saturated rings. The Hall–Kier alpha value is -2.76. The fourth-order valence-corrected chi connectivity index (χ4v) is 4.24. The molecule has 1 amide bonds. The maximum absolute atomic E-state index is 13.9. The molecule has 2 aromatic rings. The van der Waals surface area contributed by atoms with Crippen molar-refractivity contribution in [2.24, 2.45) is 5.92 Å². The number of nitrogens with one attached hydrogen (secondary N) is 2. The largest absolute Gasteiger partial charge is 0.381 e. The molecule has 3 rings (SSSR count). The summed E-state index contributed by atoms with van der Waals surface area (Å²) in [6.45, 7) is 1.72. The van der Waals surface area contributed by atoms with E-state index in [2.05, 4.69) is 5.32 Å². The predicted octanol–water partition coefficient (Wildman–Crippen LogP) is 3.34. The lowest BCUT2D eigenvalue weighted by atomic mass is 10.0. The van der Waals surface area contributed by atoms with Gasteiger partial charge in [0.25, 0.3) is 21.6 Å². The average Bonchev–Trinajstić information content (AvgIpc) is 2.72. The van der Waals surface area contributed by atoms with Gasteiger partial charge in [0.1, 0.15) is 11.5 Å². The topological polar surface area (TPSA) is 128 Å². The Morgan fingerprint density at radius 2 is 1.94 bits per heavy atom. The number of carbonyl (C=O) groups is 1. The zero-order chi connectivity index (χ0) is 22.6. The molecule has 1 aliphatic rings. The van der Waals surface area contributed by atoms with Gasteiger partial charge in [-0.1, -0.05) is 11.6 Å². The molecular formula is C19H19ClFN3O6S. The minimum Gasteiger partial charge on any atom is -0.381 e. The number of benzene rings is 2. The Morgan fingerprint density at radius 3 is 2.58 bits per heavy atom. The molecule has 0 saturated carbocycles. The molecule has 1 saturated heterocycles. The first-order valence-corrected chi connectivity index (χ1v) is 11.2. The number of ether oxygens (including phenoxy) is 1. The van der Waals surface area contributed by atoms with Crippen LogP contribution < -0.4 is 10.0 Å². The number of hydrogen-bond donors (Lipinski definition) is 2. The molecule has 1 aliphatic heterocycles. The van der Waals surface area contributed by atoms with Crippen LogP contribution >= 0.6 is 11.6 Å². The number of amides is 1. The van der Waals surface area contributed by atoms with E-state index in [9.17, 15) is 27.7 Å². The smallest absolute Gasteiger partial charge is 0.293 e. The molecular weight excluding hydrogens is 453 g/mol. The molecule has 0 unspecified atom stereocenters. The molecule has 9 nitrogen and oxygen atoms in total. The minimum absolute atomic E-state index is 0.0383. The summed E-state index contributed by atoms with van der Waals surface area (Å²) in [6, 6.07) is 6.38. The molecule has 0 radical (unpaired) electrons. The molecule has 0 atom stereocenters. The number of halogens is 2. The van der Waals surface area contributed by atoms with Gasteiger partial charge in [0.2, 0.25) is 0 Å². The van der Waals surface area contributed by atoms with Gasteiger partial charge in [0.15, 0.2) is 0 Å². The van der Waals surface area contributed by atoms with Crippen LogP contribution in [0.15, 0.2) is 41.3 Å². The van der Waals surface area contributed by atoms with Crippen molar-refractivity contribution < 1.29 is 27.3 Å². The average molecular weight is 472 g/mol. The molecule has 166 valence electrons. The molecule has 2 aromatic carbocycles. The van der Waals surface area contributed by atoms with Gasteiger partial charge in [-0.3, -0.25) is 14.9 Å². The fraction of sp³-hybridized carbons (Fsp3) is 0.316. The number of carbonyl (C=O) groups excluding carboxylic acids is 1. The van der Waals surface area contributed by atoms with Crippen molar-refractivity contribution >= 4 is 38.9 Å². The second kappa shape index (κ2) is 9.58. The van der Waals surface area contributed by atoms with Gasteiger partial charge in [-0.2, -0.15) is 0 Å². The summed E-state index contributed by atoms with van der Waals surface area (Å²) >= 11 is 5.62. The normalized spacial score (nSPS) is 14.8. The van der Waals surface area contributed by atoms with Crippen molar-refractivity contribution in [1.82, 2.24) is 4.72 Å². The first kappa shape index (κ1) is 22.9. The lowest BCUT2D eigenvalue weighted by molar-refractivity contribution is -0.384. The molecule has 2 N–H and O–H groups in total. The second-order valence-electron chi connectivity index (χ2n) is 6.93. The highest BCUT2D eigenvalue weighted by Crippen LogP contribution is 2.28. The molecule has 1 heterocycles. The number of nitro benzene ring substituents is 1. The van der Waals surface area contributed by atoms with Crippen LogP contribution in [-0.2, 0) is 14.8 Å². The summed E-state index contributed by atoms with van der Waals surface area (Å²) in [4.78, 5) is 22.5. The van der Waals surface area contributed by atoms with E-state index in [0.29, 0.717) is 19.8 Å². The number of nitro groups is 1. The van der Waals surface area contributed by atoms with Crippen LogP contribution in [0.1, 0.15) is 23.2 Å². The van der Waals surface area contributed by atoms with E-state index in [4.69, 9.17) is 16.3 Å². The van der Waals surface area contributed by atoms with Crippen molar-refractivity contribution in [3.05, 3.63) is 62.9 Å². The summed E-state index contributed by atoms with van der Waals surface area (Å²) in [5.74, 6) is -1.94. The van der Waals surface area contributed by atoms with Crippen LogP contribution in [0.25, 0.3) is 0 Å². The van der Waals surface area contributed by atoms with Crippen molar-refractivity contribution in [2.45, 2.75) is 17.7 Å². The number of anilines is 1. The Labute approximate surface area is 182 Å². The van der Waals surface area contributed by atoms with Crippen LogP contribution in [0.2, 0.25) is 5.02 Å². The summed E-state index contributed by atoms with van der Waals surface area (Å²) in [6.07, 6.45) is 1.64. The van der Waals surface area contributed by atoms with E-state index in [0.717, 1.165) is 37.1 Å². The standard InChI is InChI=1S/C19H19ClFN3O6S/c20-13-1-3-15(16(21)9-13)19(25)23-31(28,29)14-2-4-17(18(10-14)24(26)27)22-11-12-5-7-30-8-6-12/h1-4,9-10,12,22H,5-8,11H2,(H,23,25). The number of hydrogen-bond acceptors (Lipinski definition) is 7. The van der Waals surface area contributed by atoms with E-state index in [1.54, 1.807) is 4.72 Å². The molecule has 0 aromatic heterocycles. The molecule has 0 aliphatic carbocycles. The number of sulfonamides is 1. The first-order chi connectivity index (χ1) is 14.7. The van der Waals surface area contributed by atoms with E-state index in [-0.39, 0.29) is 16.6 Å². The monoisotopic (exact) mass is 471 g/mol. The first-order valence-electron chi connectivity index (χ1n) is 9.29. The third-order valence-corrected chi connectivity index (χ3v) is 6.36. The van der Waals surface area contributed by atoms with Gasteiger partial charge in [-0.05, 0) is 49.1 Å². The zero-order valence-electron chi connectivity index (χ0n) is 16.1. The van der Waals surface area contributed by atoms with E-state index >= 15 is 0 Å². The van der Waals surface area contributed by atoms with E-state index in [1.165, 1.54) is 12.1 Å². The fourth-order valence-electron chi connectivity index (χ4n) is 3.09. The lowest BCUT2D eigenvalue weighted by Crippen LogP contribution is -2.31. The Kier molecular flexibility index (Phi) is 7.08. The Balaban J connectivity index is 1.79. The number of rotatable bonds is 7. The third kappa shape index (κ3) is 5.69. The Morgan fingerprint density at radius 1 is 1.23 bits per heavy atom. The van der Waals surface area contributed by atoms with Crippen molar-refractivity contribution in [3.63, 3.8) is 0 Å². The minimum atomic E-state index is -4.49. The van der Waals surface area contributed by atoms with E-state index < -0.39 is 42.8 Å². The lowest BCUT2D eigenvalue weighted by Gasteiger charge is -2.22. The second-order valence-corrected chi connectivity index (χ2v) is 9.05. The molecule has 0 spiro atoms. The van der Waals surface area contributed by atoms with Gasteiger partial charge in [-0.25, -0.2) is 17.5 Å². The highest BCUT2D eigenvalue weighted by Gasteiger charge is 2.25. The summed E-state index contributed by atoms with van der Waals surface area (Å²) in [5.41, 5.74) is -0.831. The maximum atomic E-state index is 13.9. The molecule has 12 heteroatoms. The van der Waals surface area contributed by atoms with Gasteiger partial charge in [0, 0.05) is 30.8 Å². The summed E-state index contributed by atoms with van der Waals surface area (Å²) < 4.78 is 46.0. The quantitative estimate of drug-likeness (QED) is 0.468. The van der Waals surface area contributed by atoms with Crippen molar-refractivity contribution in [1.29, 1.82) is 0 Å². The van der Waals surface area contributed by atoms with Gasteiger partial charge >= 0.3 is 0 Å². The van der Waals surface area contributed by atoms with Crippen LogP contribution in [0, 0.1) is 21.8 Å². The zero-order valence-corrected chi connectivity index (χ0v) is 17.7. The highest BCUT2D eigenvalue weighted by molar-refractivity contribution is 7.90. The maximum Gasteiger partial charge on any atom is 0.293 e. The van der Waals surface area contributed by atoms with Crippen LogP contribution in [0.4, 0.5) is 15.8 Å². The third-order valence-electron chi connectivity index (χ3n) is 4.80. The van der Waals surface area contributed by atoms with Crippen molar-refractivity contribution in [2.75, 3.05) is 25.1 Å². The van der Waals surface area contributed by atoms with Crippen molar-refractivity contribution in [3.8, 4) is 0 Å². The van der Waals surface area contributed by atoms with Crippen LogP contribution in [-0.4, -0.2) is 39.0 Å². The van der Waals surface area contributed by atoms with Gasteiger partial charge in [0.05, 0.1) is 15.4 Å². The molecule has 31 heavy (non-hydrogen) atoms. The van der Waals surface area contributed by atoms with E-state index in [1.807, 2.05) is 0 Å². The Bertz CT molecular complexity index is 1110. The van der Waals surface area contributed by atoms with Crippen LogP contribution in [0.5, 0.6) is 0 Å². The predicted molar refractivity (Wildman–Crippen MR) is 111 cm³/mol. The number of nitrogens with zero attached hydrogens (tertiary/aromatic N) is 1. The highest BCUT2D eigenvalue weighted by atomic mass is 35.5.